The molecule has 24 heavy (non-hydrogen) atoms. The van der Waals surface area contributed by atoms with Gasteiger partial charge in [-0.3, -0.25) is 9.36 Å². The lowest BCUT2D eigenvalue weighted by molar-refractivity contribution is 0.0559. The minimum atomic E-state index is -0.416. The molecule has 2 unspecified atom stereocenters. The van der Waals surface area contributed by atoms with Gasteiger partial charge in [-0.1, -0.05) is 12.1 Å². The molecule has 1 aromatic heterocycles. The Morgan fingerprint density at radius 1 is 1.25 bits per heavy atom. The number of rotatable bonds is 2. The van der Waals surface area contributed by atoms with Gasteiger partial charge in [0.1, 0.15) is 12.4 Å². The van der Waals surface area contributed by atoms with Crippen molar-refractivity contribution in [3.05, 3.63) is 65.0 Å². The summed E-state index contributed by atoms with van der Waals surface area (Å²) in [7, 11) is 0. The summed E-state index contributed by atoms with van der Waals surface area (Å²) in [5.41, 5.74) is 0.115. The van der Waals surface area contributed by atoms with E-state index in [9.17, 15) is 9.18 Å². The first-order valence-corrected chi connectivity index (χ1v) is 7.68. The second kappa shape index (κ2) is 5.63. The van der Waals surface area contributed by atoms with Gasteiger partial charge in [0, 0.05) is 6.07 Å². The lowest BCUT2D eigenvalue weighted by Gasteiger charge is -2.31. The monoisotopic (exact) mass is 326 g/mol. The van der Waals surface area contributed by atoms with E-state index in [0.717, 1.165) is 0 Å². The van der Waals surface area contributed by atoms with Gasteiger partial charge >= 0.3 is 0 Å². The molecule has 0 saturated carbocycles. The zero-order valence-electron chi connectivity index (χ0n) is 13.0. The average molecular weight is 326 g/mol. The highest BCUT2D eigenvalue weighted by molar-refractivity contribution is 5.77. The van der Waals surface area contributed by atoms with Gasteiger partial charge in [0.25, 0.3) is 5.56 Å². The fraction of sp³-hybridized carbons (Fsp3) is 0.222. The fourth-order valence-electron chi connectivity index (χ4n) is 2.85. The molecule has 0 aliphatic carbocycles. The Morgan fingerprint density at radius 2 is 2.04 bits per heavy atom. The lowest BCUT2D eigenvalue weighted by Crippen LogP contribution is -2.39. The molecule has 0 fully saturated rings. The molecule has 6 heteroatoms. The van der Waals surface area contributed by atoms with E-state index in [1.165, 1.54) is 29.1 Å². The minimum absolute atomic E-state index is 0.227. The number of ether oxygens (including phenoxy) is 2. The second-order valence-electron chi connectivity index (χ2n) is 5.77. The van der Waals surface area contributed by atoms with Crippen molar-refractivity contribution in [2.75, 3.05) is 6.61 Å². The first-order chi connectivity index (χ1) is 11.6. The van der Waals surface area contributed by atoms with E-state index in [4.69, 9.17) is 9.47 Å². The third-order valence-electron chi connectivity index (χ3n) is 4.25. The first-order valence-electron chi connectivity index (χ1n) is 7.68. The SMILES string of the molecule is CC(C1COc2ccccc2O1)n1cnc2cc(F)ccc2c1=O. The van der Waals surface area contributed by atoms with Gasteiger partial charge in [0.15, 0.2) is 17.6 Å². The first kappa shape index (κ1) is 14.7. The molecule has 2 atom stereocenters. The molecule has 0 bridgehead atoms. The highest BCUT2D eigenvalue weighted by atomic mass is 19.1. The largest absolute Gasteiger partial charge is 0.486 e. The van der Waals surface area contributed by atoms with Gasteiger partial charge in [-0.15, -0.1) is 0 Å². The van der Waals surface area contributed by atoms with Crippen molar-refractivity contribution in [1.29, 1.82) is 0 Å². The number of fused-ring (bicyclic) bond motifs is 2. The molecule has 0 N–H and O–H groups in total. The summed E-state index contributed by atoms with van der Waals surface area (Å²) < 4.78 is 26.4. The average Bonchev–Trinajstić information content (AvgIpc) is 2.61. The van der Waals surface area contributed by atoms with Crippen LogP contribution in [-0.2, 0) is 0 Å². The van der Waals surface area contributed by atoms with Gasteiger partial charge in [-0.2, -0.15) is 0 Å². The van der Waals surface area contributed by atoms with Gasteiger partial charge < -0.3 is 9.47 Å². The summed E-state index contributed by atoms with van der Waals surface area (Å²) in [5.74, 6) is 0.936. The van der Waals surface area contributed by atoms with Crippen LogP contribution in [0.15, 0.2) is 53.6 Å². The smallest absolute Gasteiger partial charge is 0.261 e. The predicted molar refractivity (Wildman–Crippen MR) is 87.0 cm³/mol. The van der Waals surface area contributed by atoms with Gasteiger partial charge in [-0.05, 0) is 31.2 Å². The lowest BCUT2D eigenvalue weighted by atomic mass is 10.1. The molecule has 4 rings (SSSR count). The van der Waals surface area contributed by atoms with Crippen LogP contribution in [0.25, 0.3) is 10.9 Å². The Hall–Kier alpha value is -2.89. The van der Waals surface area contributed by atoms with Gasteiger partial charge in [0.05, 0.1) is 23.3 Å². The van der Waals surface area contributed by atoms with Crippen molar-refractivity contribution in [2.24, 2.45) is 0 Å². The Morgan fingerprint density at radius 3 is 2.88 bits per heavy atom. The summed E-state index contributed by atoms with van der Waals surface area (Å²) in [6.07, 6.45) is 1.11. The number of halogens is 1. The quantitative estimate of drug-likeness (QED) is 0.726. The summed E-state index contributed by atoms with van der Waals surface area (Å²) in [5, 5.41) is 0.378. The van der Waals surface area contributed by atoms with E-state index in [2.05, 4.69) is 4.98 Å². The van der Waals surface area contributed by atoms with Crippen LogP contribution in [0.2, 0.25) is 0 Å². The maximum Gasteiger partial charge on any atom is 0.261 e. The summed E-state index contributed by atoms with van der Waals surface area (Å²) in [6.45, 7) is 2.21. The summed E-state index contributed by atoms with van der Waals surface area (Å²) >= 11 is 0. The van der Waals surface area contributed by atoms with Crippen LogP contribution in [0, 0.1) is 5.82 Å². The van der Waals surface area contributed by atoms with Crippen LogP contribution in [0.4, 0.5) is 4.39 Å². The molecule has 3 aromatic rings. The van der Waals surface area contributed by atoms with E-state index in [-0.39, 0.29) is 17.7 Å². The zero-order valence-corrected chi connectivity index (χ0v) is 13.0. The van der Waals surface area contributed by atoms with E-state index < -0.39 is 5.82 Å². The zero-order chi connectivity index (χ0) is 16.7. The molecule has 122 valence electrons. The highest BCUT2D eigenvalue weighted by Crippen LogP contribution is 2.33. The fourth-order valence-corrected chi connectivity index (χ4v) is 2.85. The maximum atomic E-state index is 13.3. The standard InChI is InChI=1S/C18H15FN2O3/c1-11(17-9-23-15-4-2-3-5-16(15)24-17)21-10-20-14-8-12(19)6-7-13(14)18(21)22/h2-8,10-11,17H,9H2,1H3. The predicted octanol–water partition coefficient (Wildman–Crippen LogP) is 2.94. The molecule has 1 aliphatic rings. The number of benzene rings is 2. The van der Waals surface area contributed by atoms with Crippen molar-refractivity contribution in [1.82, 2.24) is 9.55 Å². The molecule has 0 saturated heterocycles. The minimum Gasteiger partial charge on any atom is -0.486 e. The molecule has 2 aromatic carbocycles. The van der Waals surface area contributed by atoms with E-state index >= 15 is 0 Å². The Kier molecular flexibility index (Phi) is 3.45. The summed E-state index contributed by atoms with van der Waals surface area (Å²) in [6, 6.07) is 11.1. The van der Waals surface area contributed by atoms with Crippen LogP contribution in [-0.4, -0.2) is 22.3 Å². The van der Waals surface area contributed by atoms with Crippen LogP contribution in [0.1, 0.15) is 13.0 Å². The van der Waals surface area contributed by atoms with E-state index in [1.807, 2.05) is 31.2 Å². The van der Waals surface area contributed by atoms with Gasteiger partial charge in [-0.25, -0.2) is 9.37 Å². The topological polar surface area (TPSA) is 53.4 Å². The second-order valence-corrected chi connectivity index (χ2v) is 5.77. The van der Waals surface area contributed by atoms with Crippen molar-refractivity contribution < 1.29 is 13.9 Å². The molecule has 0 amide bonds. The molecule has 2 heterocycles. The maximum absolute atomic E-state index is 13.3. The number of para-hydroxylation sites is 2. The number of aromatic nitrogens is 2. The van der Waals surface area contributed by atoms with E-state index in [0.29, 0.717) is 29.0 Å². The third-order valence-corrected chi connectivity index (χ3v) is 4.25. The Labute approximate surface area is 137 Å². The van der Waals surface area contributed by atoms with Crippen LogP contribution in [0.5, 0.6) is 11.5 Å². The molecule has 0 spiro atoms. The molecular weight excluding hydrogens is 311 g/mol. The van der Waals surface area contributed by atoms with Crippen molar-refractivity contribution in [3.63, 3.8) is 0 Å². The van der Waals surface area contributed by atoms with Crippen molar-refractivity contribution >= 4 is 10.9 Å². The molecule has 0 radical (unpaired) electrons. The molecule has 5 nitrogen and oxygen atoms in total. The van der Waals surface area contributed by atoms with Crippen LogP contribution in [0.3, 0.4) is 0 Å². The Balaban J connectivity index is 1.69. The number of hydrogen-bond acceptors (Lipinski definition) is 4. The number of nitrogens with zero attached hydrogens (tertiary/aromatic N) is 2. The molecular formula is C18H15FN2O3. The third kappa shape index (κ3) is 2.40. The van der Waals surface area contributed by atoms with Crippen molar-refractivity contribution in [3.8, 4) is 11.5 Å². The van der Waals surface area contributed by atoms with Crippen LogP contribution < -0.4 is 15.0 Å². The highest BCUT2D eigenvalue weighted by Gasteiger charge is 2.28. The molecule has 1 aliphatic heterocycles. The van der Waals surface area contributed by atoms with Gasteiger partial charge in [0.2, 0.25) is 0 Å². The summed E-state index contributed by atoms with van der Waals surface area (Å²) in [4.78, 5) is 16.9. The van der Waals surface area contributed by atoms with Crippen LogP contribution >= 0.6 is 0 Å². The van der Waals surface area contributed by atoms with E-state index in [1.54, 1.807) is 0 Å². The van der Waals surface area contributed by atoms with Crippen molar-refractivity contribution in [2.45, 2.75) is 19.1 Å². The normalized spacial score (nSPS) is 17.7. The number of hydrogen-bond donors (Lipinski definition) is 0. The Bertz CT molecular complexity index is 970.